The van der Waals surface area contributed by atoms with Crippen LogP contribution in [-0.2, 0) is 11.0 Å². The molecule has 1 heterocycles. The van der Waals surface area contributed by atoms with Gasteiger partial charge in [0.15, 0.2) is 0 Å². The smallest absolute Gasteiger partial charge is 0.282 e. The van der Waals surface area contributed by atoms with Crippen LogP contribution in [0.4, 0.5) is 18.0 Å². The third-order valence-electron chi connectivity index (χ3n) is 3.37. The SMILES string of the molecule is O=C1NC(=O)/C(=C/c2cccc(-c3ccccc3C(F)(F)F)c2)S1. The Balaban J connectivity index is 2.03. The van der Waals surface area contributed by atoms with Crippen LogP contribution in [0, 0.1) is 0 Å². The lowest BCUT2D eigenvalue weighted by molar-refractivity contribution is -0.137. The lowest BCUT2D eigenvalue weighted by atomic mass is 9.97. The number of nitrogens with one attached hydrogen (secondary N) is 1. The Morgan fingerprint density at radius 3 is 2.42 bits per heavy atom. The molecule has 2 amide bonds. The highest BCUT2D eigenvalue weighted by atomic mass is 32.2. The third-order valence-corrected chi connectivity index (χ3v) is 4.18. The molecular formula is C17H10F3NO2S. The van der Waals surface area contributed by atoms with Crippen molar-refractivity contribution in [2.24, 2.45) is 0 Å². The fraction of sp³-hybridized carbons (Fsp3) is 0.0588. The molecule has 122 valence electrons. The monoisotopic (exact) mass is 349 g/mol. The summed E-state index contributed by atoms with van der Waals surface area (Å²) in [5.41, 5.74) is 0.256. The highest BCUT2D eigenvalue weighted by molar-refractivity contribution is 8.18. The normalized spacial score (nSPS) is 16.5. The van der Waals surface area contributed by atoms with E-state index in [2.05, 4.69) is 5.32 Å². The average molecular weight is 349 g/mol. The number of imide groups is 1. The van der Waals surface area contributed by atoms with Gasteiger partial charge in [-0.05, 0) is 46.7 Å². The lowest BCUT2D eigenvalue weighted by Gasteiger charge is -2.13. The van der Waals surface area contributed by atoms with Gasteiger partial charge in [0.2, 0.25) is 0 Å². The molecular weight excluding hydrogens is 339 g/mol. The molecule has 3 nitrogen and oxygen atoms in total. The first-order valence-corrected chi connectivity index (χ1v) is 7.68. The van der Waals surface area contributed by atoms with Crippen molar-refractivity contribution in [2.75, 3.05) is 0 Å². The van der Waals surface area contributed by atoms with E-state index < -0.39 is 22.9 Å². The van der Waals surface area contributed by atoms with E-state index in [0.717, 1.165) is 17.8 Å². The molecule has 0 spiro atoms. The van der Waals surface area contributed by atoms with Crippen LogP contribution in [0.3, 0.4) is 0 Å². The van der Waals surface area contributed by atoms with Gasteiger partial charge in [-0.3, -0.25) is 14.9 Å². The van der Waals surface area contributed by atoms with Gasteiger partial charge in [0, 0.05) is 0 Å². The number of benzene rings is 2. The summed E-state index contributed by atoms with van der Waals surface area (Å²) in [6, 6.07) is 11.7. The first kappa shape index (κ1) is 16.3. The summed E-state index contributed by atoms with van der Waals surface area (Å²) in [5.74, 6) is -0.508. The summed E-state index contributed by atoms with van der Waals surface area (Å²) in [5, 5.41) is 1.66. The van der Waals surface area contributed by atoms with Gasteiger partial charge in [-0.25, -0.2) is 0 Å². The van der Waals surface area contributed by atoms with Gasteiger partial charge in [-0.1, -0.05) is 36.4 Å². The standard InChI is InChI=1S/C17H10F3NO2S/c18-17(19,20)13-7-2-1-6-12(13)11-5-3-4-10(8-11)9-14-15(22)21-16(23)24-14/h1-9H,(H,21,22,23)/b14-9-. The zero-order valence-electron chi connectivity index (χ0n) is 12.1. The Kier molecular flexibility index (Phi) is 4.19. The molecule has 1 aliphatic rings. The van der Waals surface area contributed by atoms with Gasteiger partial charge in [-0.2, -0.15) is 13.2 Å². The minimum Gasteiger partial charge on any atom is -0.282 e. The summed E-state index contributed by atoms with van der Waals surface area (Å²) in [4.78, 5) is 22.9. The molecule has 0 unspecified atom stereocenters. The number of hydrogen-bond donors (Lipinski definition) is 1. The van der Waals surface area contributed by atoms with Gasteiger partial charge in [0.25, 0.3) is 11.1 Å². The second-order valence-corrected chi connectivity index (χ2v) is 6.04. The number of carbonyl (C=O) groups is 2. The molecule has 0 saturated carbocycles. The molecule has 0 aliphatic carbocycles. The molecule has 1 aliphatic heterocycles. The van der Waals surface area contributed by atoms with Crippen molar-refractivity contribution in [2.45, 2.75) is 6.18 Å². The summed E-state index contributed by atoms with van der Waals surface area (Å²) in [6.07, 6.45) is -2.98. The van der Waals surface area contributed by atoms with E-state index in [-0.39, 0.29) is 10.5 Å². The third kappa shape index (κ3) is 3.35. The molecule has 0 radical (unpaired) electrons. The van der Waals surface area contributed by atoms with Crippen molar-refractivity contribution in [3.63, 3.8) is 0 Å². The maximum Gasteiger partial charge on any atom is 0.417 e. The molecule has 2 aromatic carbocycles. The van der Waals surface area contributed by atoms with E-state index in [1.54, 1.807) is 24.3 Å². The van der Waals surface area contributed by atoms with Crippen LogP contribution < -0.4 is 5.32 Å². The van der Waals surface area contributed by atoms with Gasteiger partial charge < -0.3 is 0 Å². The number of thioether (sulfide) groups is 1. The van der Waals surface area contributed by atoms with Gasteiger partial charge >= 0.3 is 6.18 Å². The highest BCUT2D eigenvalue weighted by Gasteiger charge is 2.33. The largest absolute Gasteiger partial charge is 0.417 e. The Morgan fingerprint density at radius 2 is 1.75 bits per heavy atom. The molecule has 24 heavy (non-hydrogen) atoms. The number of alkyl halides is 3. The Hall–Kier alpha value is -2.54. The molecule has 3 rings (SSSR count). The fourth-order valence-corrected chi connectivity index (χ4v) is 3.03. The van der Waals surface area contributed by atoms with E-state index in [4.69, 9.17) is 0 Å². The lowest BCUT2D eigenvalue weighted by Crippen LogP contribution is -2.17. The quantitative estimate of drug-likeness (QED) is 0.800. The first-order chi connectivity index (χ1) is 11.3. The van der Waals surface area contributed by atoms with E-state index in [0.29, 0.717) is 11.1 Å². The van der Waals surface area contributed by atoms with Gasteiger partial charge in [-0.15, -0.1) is 0 Å². The first-order valence-electron chi connectivity index (χ1n) is 6.86. The van der Waals surface area contributed by atoms with Gasteiger partial charge in [0.05, 0.1) is 10.5 Å². The molecule has 1 N–H and O–H groups in total. The van der Waals surface area contributed by atoms with Crippen molar-refractivity contribution in [3.8, 4) is 11.1 Å². The van der Waals surface area contributed by atoms with Crippen molar-refractivity contribution in [1.82, 2.24) is 5.32 Å². The van der Waals surface area contributed by atoms with Crippen molar-refractivity contribution in [1.29, 1.82) is 0 Å². The number of halogens is 3. The van der Waals surface area contributed by atoms with Gasteiger partial charge in [0.1, 0.15) is 0 Å². The van der Waals surface area contributed by atoms with Crippen molar-refractivity contribution < 1.29 is 22.8 Å². The van der Waals surface area contributed by atoms with Crippen LogP contribution in [0.25, 0.3) is 17.2 Å². The molecule has 1 fully saturated rings. The molecule has 1 saturated heterocycles. The van der Waals surface area contributed by atoms with Crippen LogP contribution in [0.5, 0.6) is 0 Å². The topological polar surface area (TPSA) is 46.2 Å². The summed E-state index contributed by atoms with van der Waals surface area (Å²) < 4.78 is 39.5. The zero-order chi connectivity index (χ0) is 17.3. The van der Waals surface area contributed by atoms with Crippen LogP contribution >= 0.6 is 11.8 Å². The summed E-state index contributed by atoms with van der Waals surface area (Å²) >= 11 is 0.759. The Bertz CT molecular complexity index is 859. The predicted molar refractivity (Wildman–Crippen MR) is 86.0 cm³/mol. The zero-order valence-corrected chi connectivity index (χ0v) is 12.9. The highest BCUT2D eigenvalue weighted by Crippen LogP contribution is 2.37. The molecule has 0 aromatic heterocycles. The van der Waals surface area contributed by atoms with E-state index in [1.807, 2.05) is 0 Å². The fourth-order valence-electron chi connectivity index (χ4n) is 2.35. The predicted octanol–water partition coefficient (Wildman–Crippen LogP) is 4.70. The van der Waals surface area contributed by atoms with Crippen molar-refractivity contribution >= 4 is 29.0 Å². The number of hydrogen-bond acceptors (Lipinski definition) is 3. The molecule has 2 aromatic rings. The van der Waals surface area contributed by atoms with Crippen LogP contribution in [0.2, 0.25) is 0 Å². The van der Waals surface area contributed by atoms with E-state index in [9.17, 15) is 22.8 Å². The summed E-state index contributed by atoms with van der Waals surface area (Å²) in [6.45, 7) is 0. The maximum absolute atomic E-state index is 13.2. The van der Waals surface area contributed by atoms with Crippen LogP contribution in [0.1, 0.15) is 11.1 Å². The number of carbonyl (C=O) groups excluding carboxylic acids is 2. The maximum atomic E-state index is 13.2. The van der Waals surface area contributed by atoms with E-state index in [1.165, 1.54) is 24.3 Å². The van der Waals surface area contributed by atoms with Crippen molar-refractivity contribution in [3.05, 3.63) is 64.6 Å². The molecule has 0 atom stereocenters. The second kappa shape index (κ2) is 6.16. The average Bonchev–Trinajstić information content (AvgIpc) is 2.84. The number of amides is 2. The minimum atomic E-state index is -4.46. The minimum absolute atomic E-state index is 0.0600. The van der Waals surface area contributed by atoms with Crippen LogP contribution in [0.15, 0.2) is 53.4 Å². The Morgan fingerprint density at radius 1 is 1.00 bits per heavy atom. The molecule has 0 bridgehead atoms. The Labute approximate surface area is 139 Å². The van der Waals surface area contributed by atoms with Crippen LogP contribution in [-0.4, -0.2) is 11.1 Å². The summed E-state index contributed by atoms with van der Waals surface area (Å²) in [7, 11) is 0. The number of rotatable bonds is 2. The second-order valence-electron chi connectivity index (χ2n) is 5.02. The molecule has 7 heteroatoms. The van der Waals surface area contributed by atoms with E-state index >= 15 is 0 Å².